The van der Waals surface area contributed by atoms with Gasteiger partial charge in [0.1, 0.15) is 29.6 Å². The Hall–Kier alpha value is -2.70. The van der Waals surface area contributed by atoms with E-state index in [9.17, 15) is 4.39 Å². The van der Waals surface area contributed by atoms with Gasteiger partial charge in [-0.15, -0.1) is 0 Å². The first-order valence-corrected chi connectivity index (χ1v) is 9.02. The summed E-state index contributed by atoms with van der Waals surface area (Å²) < 4.78 is 25.3. The predicted molar refractivity (Wildman–Crippen MR) is 98.7 cm³/mol. The van der Waals surface area contributed by atoms with Gasteiger partial charge in [-0.2, -0.15) is 0 Å². The quantitative estimate of drug-likeness (QED) is 0.723. The Morgan fingerprint density at radius 1 is 1.15 bits per heavy atom. The molecule has 0 amide bonds. The van der Waals surface area contributed by atoms with Crippen LogP contribution in [0.4, 0.5) is 4.39 Å². The molecule has 1 aliphatic heterocycles. The van der Waals surface area contributed by atoms with Crippen LogP contribution in [0.25, 0.3) is 11.3 Å². The van der Waals surface area contributed by atoms with Crippen LogP contribution >= 0.6 is 0 Å². The molecule has 0 aliphatic carbocycles. The van der Waals surface area contributed by atoms with Crippen LogP contribution in [0.15, 0.2) is 53.1 Å². The zero-order chi connectivity index (χ0) is 18.6. The lowest BCUT2D eigenvalue weighted by Crippen LogP contribution is -2.29. The molecule has 6 heteroatoms. The molecule has 4 rings (SSSR count). The summed E-state index contributed by atoms with van der Waals surface area (Å²) in [6.07, 6.45) is 0.733. The molecule has 0 atom stereocenters. The molecule has 0 unspecified atom stereocenters. The van der Waals surface area contributed by atoms with Gasteiger partial charge in [0.2, 0.25) is 0 Å². The number of rotatable bonds is 6. The van der Waals surface area contributed by atoms with E-state index < -0.39 is 0 Å². The first-order chi connectivity index (χ1) is 13.3. The maximum absolute atomic E-state index is 14.2. The number of nitrogens with zero attached hydrogens (tertiary/aromatic N) is 2. The van der Waals surface area contributed by atoms with Crippen LogP contribution < -0.4 is 4.74 Å². The molecular formula is C21H21FN2O3. The minimum Gasteiger partial charge on any atom is -0.491 e. The lowest BCUT2D eigenvalue weighted by atomic mass is 10.0. The summed E-state index contributed by atoms with van der Waals surface area (Å²) in [7, 11) is 0. The second-order valence-corrected chi connectivity index (χ2v) is 6.55. The third kappa shape index (κ3) is 3.72. The summed E-state index contributed by atoms with van der Waals surface area (Å²) in [6, 6.07) is 14.5. The lowest BCUT2D eigenvalue weighted by molar-refractivity contribution is 0.194. The van der Waals surface area contributed by atoms with E-state index in [4.69, 9.17) is 14.4 Å². The van der Waals surface area contributed by atoms with E-state index >= 15 is 0 Å². The Labute approximate surface area is 157 Å². The normalized spacial score (nSPS) is 14.1. The summed E-state index contributed by atoms with van der Waals surface area (Å²) in [5, 5.41) is 13.1. The Balaban J connectivity index is 1.56. The minimum atomic E-state index is -0.298. The first kappa shape index (κ1) is 17.7. The van der Waals surface area contributed by atoms with Gasteiger partial charge in [0.05, 0.1) is 6.61 Å². The molecule has 0 bridgehead atoms. The second kappa shape index (κ2) is 7.90. The van der Waals surface area contributed by atoms with Crippen molar-refractivity contribution in [1.29, 1.82) is 0 Å². The molecule has 1 aliphatic rings. The molecule has 1 aromatic heterocycles. The van der Waals surface area contributed by atoms with Crippen molar-refractivity contribution >= 4 is 0 Å². The number of hydrogen-bond acceptors (Lipinski definition) is 5. The minimum absolute atomic E-state index is 0.0197. The first-order valence-electron chi connectivity index (χ1n) is 9.02. The summed E-state index contributed by atoms with van der Waals surface area (Å²) in [5.74, 6) is 1.31. The Morgan fingerprint density at radius 2 is 1.96 bits per heavy atom. The number of benzene rings is 2. The molecule has 0 radical (unpaired) electrons. The van der Waals surface area contributed by atoms with Crippen molar-refractivity contribution in [2.24, 2.45) is 0 Å². The molecule has 0 fully saturated rings. The van der Waals surface area contributed by atoms with Crippen molar-refractivity contribution < 1.29 is 18.8 Å². The van der Waals surface area contributed by atoms with Gasteiger partial charge < -0.3 is 14.4 Å². The third-order valence-electron chi connectivity index (χ3n) is 4.75. The predicted octanol–water partition coefficient (Wildman–Crippen LogP) is 3.41. The van der Waals surface area contributed by atoms with Crippen molar-refractivity contribution in [3.63, 3.8) is 0 Å². The van der Waals surface area contributed by atoms with Crippen LogP contribution in [0.1, 0.15) is 16.9 Å². The molecule has 27 heavy (non-hydrogen) atoms. The Morgan fingerprint density at radius 3 is 2.81 bits per heavy atom. The van der Waals surface area contributed by atoms with E-state index in [1.807, 2.05) is 24.3 Å². The fourth-order valence-electron chi connectivity index (χ4n) is 3.44. The summed E-state index contributed by atoms with van der Waals surface area (Å²) >= 11 is 0. The SMILES string of the molecule is OCCOc1ccccc1CN1CCc2onc(-c3ccccc3F)c2C1. The van der Waals surface area contributed by atoms with Gasteiger partial charge in [-0.3, -0.25) is 4.90 Å². The van der Waals surface area contributed by atoms with Gasteiger partial charge in [0.15, 0.2) is 0 Å². The summed E-state index contributed by atoms with van der Waals surface area (Å²) in [6.45, 7) is 2.41. The van der Waals surface area contributed by atoms with E-state index in [0.717, 1.165) is 35.6 Å². The number of hydrogen-bond donors (Lipinski definition) is 1. The zero-order valence-corrected chi connectivity index (χ0v) is 14.9. The molecule has 1 N–H and O–H groups in total. The van der Waals surface area contributed by atoms with Crippen LogP contribution in [-0.2, 0) is 19.5 Å². The topological polar surface area (TPSA) is 58.7 Å². The van der Waals surface area contributed by atoms with E-state index in [-0.39, 0.29) is 19.0 Å². The number of halogens is 1. The average Bonchev–Trinajstić information content (AvgIpc) is 3.11. The van der Waals surface area contributed by atoms with E-state index in [2.05, 4.69) is 10.1 Å². The smallest absolute Gasteiger partial charge is 0.143 e. The van der Waals surface area contributed by atoms with Crippen LogP contribution in [0, 0.1) is 5.82 Å². The van der Waals surface area contributed by atoms with E-state index in [1.165, 1.54) is 6.07 Å². The van der Waals surface area contributed by atoms with Crippen molar-refractivity contribution in [1.82, 2.24) is 10.1 Å². The van der Waals surface area contributed by atoms with Crippen LogP contribution in [0.2, 0.25) is 0 Å². The number of ether oxygens (including phenoxy) is 1. The molecule has 0 saturated heterocycles. The highest BCUT2D eigenvalue weighted by atomic mass is 19.1. The maximum Gasteiger partial charge on any atom is 0.143 e. The zero-order valence-electron chi connectivity index (χ0n) is 14.9. The van der Waals surface area contributed by atoms with Crippen LogP contribution in [-0.4, -0.2) is 34.9 Å². The van der Waals surface area contributed by atoms with Crippen LogP contribution in [0.5, 0.6) is 5.75 Å². The van der Waals surface area contributed by atoms with Gasteiger partial charge >= 0.3 is 0 Å². The average molecular weight is 368 g/mol. The number of fused-ring (bicyclic) bond motifs is 1. The number of aromatic nitrogens is 1. The van der Waals surface area contributed by atoms with Crippen LogP contribution in [0.3, 0.4) is 0 Å². The highest BCUT2D eigenvalue weighted by Gasteiger charge is 2.26. The van der Waals surface area contributed by atoms with Crippen molar-refractivity contribution in [2.45, 2.75) is 19.5 Å². The highest BCUT2D eigenvalue weighted by Crippen LogP contribution is 2.32. The van der Waals surface area contributed by atoms with Gasteiger partial charge in [-0.1, -0.05) is 35.5 Å². The highest BCUT2D eigenvalue weighted by molar-refractivity contribution is 5.64. The number of aliphatic hydroxyl groups is 1. The summed E-state index contributed by atoms with van der Waals surface area (Å²) in [5.41, 5.74) is 3.05. The molecule has 0 saturated carbocycles. The van der Waals surface area contributed by atoms with Gasteiger partial charge in [0.25, 0.3) is 0 Å². The molecule has 5 nitrogen and oxygen atoms in total. The third-order valence-corrected chi connectivity index (χ3v) is 4.75. The van der Waals surface area contributed by atoms with Gasteiger partial charge in [-0.25, -0.2) is 4.39 Å². The fourth-order valence-corrected chi connectivity index (χ4v) is 3.44. The largest absolute Gasteiger partial charge is 0.491 e. The Kier molecular flexibility index (Phi) is 5.18. The number of aliphatic hydroxyl groups excluding tert-OH is 1. The maximum atomic E-state index is 14.2. The monoisotopic (exact) mass is 368 g/mol. The molecule has 2 heterocycles. The lowest BCUT2D eigenvalue weighted by Gasteiger charge is -2.27. The fraction of sp³-hybridized carbons (Fsp3) is 0.286. The van der Waals surface area contributed by atoms with Gasteiger partial charge in [0, 0.05) is 42.7 Å². The van der Waals surface area contributed by atoms with E-state index in [1.54, 1.807) is 18.2 Å². The van der Waals surface area contributed by atoms with Crippen molar-refractivity contribution in [3.05, 3.63) is 71.2 Å². The number of para-hydroxylation sites is 1. The molecular weight excluding hydrogens is 347 g/mol. The molecule has 2 aromatic carbocycles. The van der Waals surface area contributed by atoms with Gasteiger partial charge in [-0.05, 0) is 18.2 Å². The molecule has 3 aromatic rings. The van der Waals surface area contributed by atoms with Crippen molar-refractivity contribution in [2.75, 3.05) is 19.8 Å². The van der Waals surface area contributed by atoms with E-state index in [0.29, 0.717) is 24.3 Å². The molecule has 140 valence electrons. The Bertz CT molecular complexity index is 925. The van der Waals surface area contributed by atoms with Crippen molar-refractivity contribution in [3.8, 4) is 17.0 Å². The second-order valence-electron chi connectivity index (χ2n) is 6.55. The molecule has 0 spiro atoms. The summed E-state index contributed by atoms with van der Waals surface area (Å²) in [4.78, 5) is 2.27. The standard InChI is InChI=1S/C21H21FN2O3/c22-18-7-3-2-6-16(18)21-17-14-24(10-9-20(17)27-23-21)13-15-5-1-4-8-19(15)26-12-11-25/h1-8,25H,9-14H2.